The minimum absolute atomic E-state index is 0.0336. The van der Waals surface area contributed by atoms with E-state index in [-0.39, 0.29) is 34.8 Å². The third-order valence-corrected chi connectivity index (χ3v) is 9.54. The van der Waals surface area contributed by atoms with Gasteiger partial charge in [-0.1, -0.05) is 0 Å². The average Bonchev–Trinajstić information content (AvgIpc) is 3.01. The highest BCUT2D eigenvalue weighted by Crippen LogP contribution is 2.52. The maximum absolute atomic E-state index is 14.3. The van der Waals surface area contributed by atoms with E-state index in [1.807, 2.05) is 40.1 Å². The first-order valence-corrected chi connectivity index (χ1v) is 16.6. The SMILES string of the molecule is CCN(C(=O)c1cc(F)ccc1Oc1cncnc1N1CC2(CC(Oc3ccnc4c3CN(CCCCNC)CC4)C2)C1)C(C)C. The molecule has 4 heterocycles. The number of carbonyl (C=O) groups is 1. The molecular weight excluding hydrogens is 585 g/mol. The number of carbonyl (C=O) groups excluding carboxylic acids is 1. The fourth-order valence-corrected chi connectivity index (χ4v) is 7.14. The van der Waals surface area contributed by atoms with E-state index >= 15 is 0 Å². The Labute approximate surface area is 271 Å². The molecule has 1 aliphatic carbocycles. The summed E-state index contributed by atoms with van der Waals surface area (Å²) in [6, 6.07) is 6.04. The molecule has 1 N–H and O–H groups in total. The van der Waals surface area contributed by atoms with E-state index < -0.39 is 5.82 Å². The van der Waals surface area contributed by atoms with Crippen LogP contribution in [-0.4, -0.2) is 89.1 Å². The van der Waals surface area contributed by atoms with E-state index in [4.69, 9.17) is 9.47 Å². The monoisotopic (exact) mass is 631 g/mol. The summed E-state index contributed by atoms with van der Waals surface area (Å²) in [5.74, 6) is 1.61. The van der Waals surface area contributed by atoms with Gasteiger partial charge in [0.2, 0.25) is 0 Å². The molecule has 0 atom stereocenters. The standard InChI is InChI=1S/C35H46FN7O3/c1-5-43(24(2)3)34(44)27-16-25(36)8-9-30(27)46-32-19-38-23-40-33(32)42-21-35(22-42)17-26(18-35)45-31-10-13-39-29-11-15-41(20-28(29)31)14-7-6-12-37-4/h8-10,13,16,19,23-24,26,37H,5-7,11-12,14-15,17-18,20-22H2,1-4H3. The van der Waals surface area contributed by atoms with Gasteiger partial charge in [0, 0.05) is 68.1 Å². The minimum Gasteiger partial charge on any atom is -0.490 e. The maximum Gasteiger partial charge on any atom is 0.257 e. The summed E-state index contributed by atoms with van der Waals surface area (Å²) in [5, 5.41) is 3.23. The molecule has 1 amide bonds. The van der Waals surface area contributed by atoms with Gasteiger partial charge in [0.25, 0.3) is 5.91 Å². The van der Waals surface area contributed by atoms with Gasteiger partial charge >= 0.3 is 0 Å². The molecule has 0 unspecified atom stereocenters. The molecule has 46 heavy (non-hydrogen) atoms. The molecule has 6 rings (SSSR count). The Morgan fingerprint density at radius 3 is 2.74 bits per heavy atom. The summed E-state index contributed by atoms with van der Waals surface area (Å²) in [5.41, 5.74) is 2.77. The number of benzene rings is 1. The zero-order valence-corrected chi connectivity index (χ0v) is 27.5. The minimum atomic E-state index is -0.490. The van der Waals surface area contributed by atoms with E-state index in [1.54, 1.807) is 11.1 Å². The van der Waals surface area contributed by atoms with Crippen LogP contribution in [0.25, 0.3) is 0 Å². The van der Waals surface area contributed by atoms with Crippen LogP contribution in [0.15, 0.2) is 43.0 Å². The molecule has 0 radical (unpaired) electrons. The van der Waals surface area contributed by atoms with Crippen LogP contribution in [0, 0.1) is 11.2 Å². The average molecular weight is 632 g/mol. The van der Waals surface area contributed by atoms with Gasteiger partial charge < -0.3 is 24.6 Å². The van der Waals surface area contributed by atoms with Crippen LogP contribution in [-0.2, 0) is 13.0 Å². The molecule has 246 valence electrons. The van der Waals surface area contributed by atoms with Crippen LogP contribution in [0.4, 0.5) is 10.2 Å². The number of hydrogen-bond donors (Lipinski definition) is 1. The number of aromatic nitrogens is 3. The molecule has 2 fully saturated rings. The second-order valence-corrected chi connectivity index (χ2v) is 13.2. The summed E-state index contributed by atoms with van der Waals surface area (Å²) in [6.45, 7) is 12.1. The van der Waals surface area contributed by atoms with Crippen LogP contribution < -0.4 is 19.7 Å². The first-order valence-electron chi connectivity index (χ1n) is 16.6. The van der Waals surface area contributed by atoms with Crippen molar-refractivity contribution in [3.8, 4) is 17.2 Å². The van der Waals surface area contributed by atoms with Gasteiger partial charge in [-0.2, -0.15) is 0 Å². The van der Waals surface area contributed by atoms with Crippen LogP contribution in [0.1, 0.15) is 68.1 Å². The molecule has 3 aromatic rings. The van der Waals surface area contributed by atoms with Gasteiger partial charge in [-0.15, -0.1) is 0 Å². The number of amides is 1. The lowest BCUT2D eigenvalue weighted by molar-refractivity contribution is -0.0352. The Kier molecular flexibility index (Phi) is 9.70. The number of nitrogens with zero attached hydrogens (tertiary/aromatic N) is 6. The van der Waals surface area contributed by atoms with Gasteiger partial charge in [0.05, 0.1) is 11.8 Å². The molecule has 1 saturated heterocycles. The number of ether oxygens (including phenoxy) is 2. The number of hydrogen-bond acceptors (Lipinski definition) is 9. The normalized spacial score (nSPS) is 17.4. The van der Waals surface area contributed by atoms with Crippen LogP contribution in [0.5, 0.6) is 17.2 Å². The summed E-state index contributed by atoms with van der Waals surface area (Å²) in [6.07, 6.45) is 10.5. The Bertz CT molecular complexity index is 1520. The Hall–Kier alpha value is -3.83. The zero-order valence-electron chi connectivity index (χ0n) is 27.5. The van der Waals surface area contributed by atoms with Crippen molar-refractivity contribution in [2.75, 3.05) is 51.2 Å². The van der Waals surface area contributed by atoms with E-state index in [2.05, 4.69) is 30.1 Å². The number of rotatable bonds is 13. The highest BCUT2D eigenvalue weighted by Gasteiger charge is 2.54. The van der Waals surface area contributed by atoms with Crippen molar-refractivity contribution >= 4 is 11.7 Å². The molecule has 2 aliphatic heterocycles. The molecule has 11 heteroatoms. The molecule has 10 nitrogen and oxygen atoms in total. The Balaban J connectivity index is 1.07. The molecule has 3 aliphatic rings. The maximum atomic E-state index is 14.3. The second kappa shape index (κ2) is 13.9. The lowest BCUT2D eigenvalue weighted by atomic mass is 9.61. The van der Waals surface area contributed by atoms with Gasteiger partial charge in [-0.25, -0.2) is 14.4 Å². The summed E-state index contributed by atoms with van der Waals surface area (Å²) in [7, 11) is 2.00. The highest BCUT2D eigenvalue weighted by atomic mass is 19.1. The van der Waals surface area contributed by atoms with Crippen LogP contribution >= 0.6 is 0 Å². The predicted molar refractivity (Wildman–Crippen MR) is 175 cm³/mol. The first kappa shape index (κ1) is 32.1. The van der Waals surface area contributed by atoms with Gasteiger partial charge in [0.15, 0.2) is 11.6 Å². The molecule has 0 bridgehead atoms. The number of fused-ring (bicyclic) bond motifs is 1. The van der Waals surface area contributed by atoms with Crippen LogP contribution in [0.3, 0.4) is 0 Å². The quantitative estimate of drug-likeness (QED) is 0.259. The van der Waals surface area contributed by atoms with Crippen molar-refractivity contribution in [2.45, 2.75) is 71.6 Å². The van der Waals surface area contributed by atoms with E-state index in [0.29, 0.717) is 18.1 Å². The van der Waals surface area contributed by atoms with Crippen molar-refractivity contribution in [1.82, 2.24) is 30.1 Å². The van der Waals surface area contributed by atoms with Crippen molar-refractivity contribution in [2.24, 2.45) is 5.41 Å². The summed E-state index contributed by atoms with van der Waals surface area (Å²) >= 11 is 0. The second-order valence-electron chi connectivity index (χ2n) is 13.2. The van der Waals surface area contributed by atoms with Crippen LogP contribution in [0.2, 0.25) is 0 Å². The number of unbranched alkanes of at least 4 members (excludes halogenated alkanes) is 1. The summed E-state index contributed by atoms with van der Waals surface area (Å²) < 4.78 is 27.1. The van der Waals surface area contributed by atoms with Crippen molar-refractivity contribution in [3.05, 3.63) is 65.6 Å². The molecule has 2 aromatic heterocycles. The lowest BCUT2D eigenvalue weighted by Gasteiger charge is -2.59. The topological polar surface area (TPSA) is 96.0 Å². The van der Waals surface area contributed by atoms with Crippen molar-refractivity contribution in [1.29, 1.82) is 0 Å². The Morgan fingerprint density at radius 2 is 1.98 bits per heavy atom. The fraction of sp³-hybridized carbons (Fsp3) is 0.543. The predicted octanol–water partition coefficient (Wildman–Crippen LogP) is 5.08. The Morgan fingerprint density at radius 1 is 1.15 bits per heavy atom. The van der Waals surface area contributed by atoms with Gasteiger partial charge in [0.1, 0.15) is 29.7 Å². The molecular formula is C35H46FN7O3. The highest BCUT2D eigenvalue weighted by molar-refractivity contribution is 5.97. The number of nitrogens with one attached hydrogen (secondary N) is 1. The summed E-state index contributed by atoms with van der Waals surface area (Å²) in [4.78, 5) is 33.1. The molecule has 1 spiro atoms. The molecule has 1 saturated carbocycles. The van der Waals surface area contributed by atoms with Gasteiger partial charge in [-0.3, -0.25) is 14.7 Å². The molecule has 1 aromatic carbocycles. The van der Waals surface area contributed by atoms with Crippen molar-refractivity contribution in [3.63, 3.8) is 0 Å². The first-order chi connectivity index (χ1) is 22.3. The number of halogens is 1. The number of pyridine rings is 1. The van der Waals surface area contributed by atoms with E-state index in [0.717, 1.165) is 64.3 Å². The largest absolute Gasteiger partial charge is 0.490 e. The third-order valence-electron chi connectivity index (χ3n) is 9.54. The van der Waals surface area contributed by atoms with Crippen molar-refractivity contribution < 1.29 is 18.7 Å². The lowest BCUT2D eigenvalue weighted by Crippen LogP contribution is -2.65. The van der Waals surface area contributed by atoms with E-state index in [9.17, 15) is 9.18 Å². The van der Waals surface area contributed by atoms with E-state index in [1.165, 1.54) is 48.6 Å². The fourth-order valence-electron chi connectivity index (χ4n) is 7.14. The van der Waals surface area contributed by atoms with Gasteiger partial charge in [-0.05, 0) is 90.9 Å². The zero-order chi connectivity index (χ0) is 32.3. The number of anilines is 1. The smallest absolute Gasteiger partial charge is 0.257 e. The third kappa shape index (κ3) is 6.80.